The molecule has 1 atom stereocenters. The van der Waals surface area contributed by atoms with Gasteiger partial charge in [-0.1, -0.05) is 25.3 Å². The van der Waals surface area contributed by atoms with E-state index in [1.807, 2.05) is 19.1 Å². The van der Waals surface area contributed by atoms with Crippen LogP contribution in [0.1, 0.15) is 38.2 Å². The molecule has 0 spiro atoms. The third kappa shape index (κ3) is 2.75. The molecule has 1 aromatic carbocycles. The molecule has 0 aliphatic heterocycles. The van der Waals surface area contributed by atoms with Gasteiger partial charge in [-0.15, -0.1) is 0 Å². The molecule has 1 aliphatic rings. The average Bonchev–Trinajstić information content (AvgIpc) is 2.16. The first-order valence-corrected chi connectivity index (χ1v) is 6.18. The van der Waals surface area contributed by atoms with Crippen LogP contribution in [0.5, 0.6) is 0 Å². The van der Waals surface area contributed by atoms with Crippen LogP contribution in [0.15, 0.2) is 18.2 Å². The number of anilines is 1. The molecule has 2 heteroatoms. The molecule has 0 saturated heterocycles. The molecule has 1 saturated carbocycles. The van der Waals surface area contributed by atoms with E-state index in [1.54, 1.807) is 6.07 Å². The summed E-state index contributed by atoms with van der Waals surface area (Å²) < 4.78 is 13.6. The van der Waals surface area contributed by atoms with Crippen LogP contribution < -0.4 is 5.32 Å². The molecular weight excluding hydrogens is 201 g/mol. The molecular formula is C14H20FN. The van der Waals surface area contributed by atoms with E-state index >= 15 is 0 Å². The lowest BCUT2D eigenvalue weighted by Gasteiger charge is -2.29. The first-order valence-electron chi connectivity index (χ1n) is 6.18. The van der Waals surface area contributed by atoms with E-state index in [0.29, 0.717) is 11.7 Å². The van der Waals surface area contributed by atoms with Gasteiger partial charge in [0.25, 0.3) is 0 Å². The third-order valence-corrected chi connectivity index (χ3v) is 3.44. The van der Waals surface area contributed by atoms with Crippen LogP contribution in [0, 0.1) is 18.7 Å². The normalized spacial score (nSPS) is 17.9. The van der Waals surface area contributed by atoms with Crippen LogP contribution in [0.2, 0.25) is 0 Å². The summed E-state index contributed by atoms with van der Waals surface area (Å²) in [6, 6.07) is 5.73. The Bertz CT molecular complexity index is 358. The van der Waals surface area contributed by atoms with Gasteiger partial charge in [-0.25, -0.2) is 4.39 Å². The molecule has 88 valence electrons. The lowest BCUT2D eigenvalue weighted by atomic mass is 9.81. The predicted octanol–water partition coefficient (Wildman–Crippen LogP) is 4.12. The fourth-order valence-corrected chi connectivity index (χ4v) is 2.29. The van der Waals surface area contributed by atoms with Gasteiger partial charge in [0.05, 0.1) is 5.69 Å². The van der Waals surface area contributed by atoms with E-state index in [0.717, 1.165) is 17.9 Å². The lowest BCUT2D eigenvalue weighted by Crippen LogP contribution is -2.23. The fraction of sp³-hybridized carbons (Fsp3) is 0.571. The van der Waals surface area contributed by atoms with E-state index < -0.39 is 0 Å². The molecule has 1 fully saturated rings. The second-order valence-corrected chi connectivity index (χ2v) is 5.06. The largest absolute Gasteiger partial charge is 0.380 e. The minimum atomic E-state index is -0.138. The first-order chi connectivity index (χ1) is 7.65. The second-order valence-electron chi connectivity index (χ2n) is 5.06. The molecule has 0 heterocycles. The quantitative estimate of drug-likeness (QED) is 0.806. The lowest BCUT2D eigenvalue weighted by molar-refractivity contribution is 0.285. The Labute approximate surface area is 97.1 Å². The summed E-state index contributed by atoms with van der Waals surface area (Å²) in [5, 5.41) is 3.26. The first kappa shape index (κ1) is 11.4. The van der Waals surface area contributed by atoms with Crippen LogP contribution in [-0.2, 0) is 0 Å². The van der Waals surface area contributed by atoms with Crippen molar-refractivity contribution in [2.75, 3.05) is 5.32 Å². The van der Waals surface area contributed by atoms with Crippen LogP contribution in [0.25, 0.3) is 0 Å². The zero-order valence-electron chi connectivity index (χ0n) is 10.1. The maximum absolute atomic E-state index is 13.6. The second kappa shape index (κ2) is 4.86. The summed E-state index contributed by atoms with van der Waals surface area (Å²) in [4.78, 5) is 0. The number of rotatable bonds is 4. The summed E-state index contributed by atoms with van der Waals surface area (Å²) in [6.45, 7) is 4.04. The van der Waals surface area contributed by atoms with Gasteiger partial charge in [0.15, 0.2) is 0 Å². The summed E-state index contributed by atoms with van der Waals surface area (Å²) in [5.41, 5.74) is 1.60. The number of hydrogen-bond donors (Lipinski definition) is 1. The Morgan fingerprint density at radius 3 is 2.75 bits per heavy atom. The number of nitrogens with one attached hydrogen (secondary N) is 1. The van der Waals surface area contributed by atoms with Crippen molar-refractivity contribution in [3.8, 4) is 0 Å². The van der Waals surface area contributed by atoms with Crippen molar-refractivity contribution in [2.24, 2.45) is 5.92 Å². The average molecular weight is 221 g/mol. The zero-order chi connectivity index (χ0) is 11.5. The number of aryl methyl sites for hydroxylation is 1. The van der Waals surface area contributed by atoms with Gasteiger partial charge in [-0.05, 0) is 43.9 Å². The smallest absolute Gasteiger partial charge is 0.146 e. The predicted molar refractivity (Wildman–Crippen MR) is 66.2 cm³/mol. The van der Waals surface area contributed by atoms with Crippen molar-refractivity contribution in [1.29, 1.82) is 0 Å². The summed E-state index contributed by atoms with van der Waals surface area (Å²) >= 11 is 0. The number of benzene rings is 1. The van der Waals surface area contributed by atoms with Crippen molar-refractivity contribution in [3.63, 3.8) is 0 Å². The van der Waals surface area contributed by atoms with E-state index in [4.69, 9.17) is 0 Å². The molecule has 1 aromatic rings. The molecule has 16 heavy (non-hydrogen) atoms. The van der Waals surface area contributed by atoms with Crippen LogP contribution in [-0.4, -0.2) is 6.04 Å². The Balaban J connectivity index is 1.91. The molecule has 1 aliphatic carbocycles. The standard InChI is InChI=1S/C14H20FN/c1-10-6-7-14(13(15)8-10)16-11(2)9-12-4-3-5-12/h6-8,11-12,16H,3-5,9H2,1-2H3. The van der Waals surface area contributed by atoms with Gasteiger partial charge >= 0.3 is 0 Å². The van der Waals surface area contributed by atoms with Crippen molar-refractivity contribution in [1.82, 2.24) is 0 Å². The summed E-state index contributed by atoms with van der Waals surface area (Å²) in [5.74, 6) is 0.719. The van der Waals surface area contributed by atoms with Crippen molar-refractivity contribution >= 4 is 5.69 Å². The molecule has 1 nitrogen and oxygen atoms in total. The maximum Gasteiger partial charge on any atom is 0.146 e. The van der Waals surface area contributed by atoms with Crippen molar-refractivity contribution in [3.05, 3.63) is 29.6 Å². The van der Waals surface area contributed by atoms with Gasteiger partial charge in [0, 0.05) is 6.04 Å². The zero-order valence-corrected chi connectivity index (χ0v) is 10.1. The van der Waals surface area contributed by atoms with Gasteiger partial charge in [-0.2, -0.15) is 0 Å². The van der Waals surface area contributed by atoms with Crippen molar-refractivity contribution < 1.29 is 4.39 Å². The number of halogens is 1. The molecule has 1 unspecified atom stereocenters. The molecule has 1 N–H and O–H groups in total. The van der Waals surface area contributed by atoms with Gasteiger partial charge in [0.1, 0.15) is 5.82 Å². The Kier molecular flexibility index (Phi) is 3.47. The maximum atomic E-state index is 13.6. The molecule has 0 bridgehead atoms. The van der Waals surface area contributed by atoms with Crippen LogP contribution in [0.3, 0.4) is 0 Å². The molecule has 2 rings (SSSR count). The Morgan fingerprint density at radius 1 is 1.44 bits per heavy atom. The van der Waals surface area contributed by atoms with E-state index in [2.05, 4.69) is 12.2 Å². The minimum absolute atomic E-state index is 0.138. The molecule has 0 aromatic heterocycles. The Morgan fingerprint density at radius 2 is 2.19 bits per heavy atom. The van der Waals surface area contributed by atoms with Gasteiger partial charge in [0.2, 0.25) is 0 Å². The summed E-state index contributed by atoms with van der Waals surface area (Å²) in [7, 11) is 0. The monoisotopic (exact) mass is 221 g/mol. The van der Waals surface area contributed by atoms with E-state index in [-0.39, 0.29) is 5.82 Å². The highest BCUT2D eigenvalue weighted by molar-refractivity contribution is 5.46. The van der Waals surface area contributed by atoms with Crippen LogP contribution >= 0.6 is 0 Å². The topological polar surface area (TPSA) is 12.0 Å². The molecule has 0 radical (unpaired) electrons. The third-order valence-electron chi connectivity index (χ3n) is 3.44. The highest BCUT2D eigenvalue weighted by Crippen LogP contribution is 2.31. The fourth-order valence-electron chi connectivity index (χ4n) is 2.29. The SMILES string of the molecule is Cc1ccc(NC(C)CC2CCC2)c(F)c1. The molecule has 0 amide bonds. The minimum Gasteiger partial charge on any atom is -0.380 e. The highest BCUT2D eigenvalue weighted by Gasteiger charge is 2.20. The van der Waals surface area contributed by atoms with Gasteiger partial charge < -0.3 is 5.32 Å². The van der Waals surface area contributed by atoms with Gasteiger partial charge in [-0.3, -0.25) is 0 Å². The van der Waals surface area contributed by atoms with E-state index in [1.165, 1.54) is 19.3 Å². The van der Waals surface area contributed by atoms with Crippen molar-refractivity contribution in [2.45, 2.75) is 45.6 Å². The highest BCUT2D eigenvalue weighted by atomic mass is 19.1. The van der Waals surface area contributed by atoms with Crippen LogP contribution in [0.4, 0.5) is 10.1 Å². The number of hydrogen-bond acceptors (Lipinski definition) is 1. The Hall–Kier alpha value is -1.05. The van der Waals surface area contributed by atoms with E-state index in [9.17, 15) is 4.39 Å². The summed E-state index contributed by atoms with van der Waals surface area (Å²) in [6.07, 6.45) is 5.23.